The van der Waals surface area contributed by atoms with Crippen molar-refractivity contribution in [1.82, 2.24) is 10.2 Å². The van der Waals surface area contributed by atoms with E-state index >= 15 is 0 Å². The van der Waals surface area contributed by atoms with Crippen molar-refractivity contribution in [3.05, 3.63) is 68.1 Å². The molecular weight excluding hydrogens is 483 g/mol. The van der Waals surface area contributed by atoms with Crippen molar-refractivity contribution in [1.29, 1.82) is 0 Å². The van der Waals surface area contributed by atoms with E-state index in [1.54, 1.807) is 31.0 Å². The number of benzene rings is 2. The van der Waals surface area contributed by atoms with E-state index in [0.717, 1.165) is 15.6 Å². The number of rotatable bonds is 8. The third kappa shape index (κ3) is 6.69. The molecule has 2 aromatic rings. The zero-order chi connectivity index (χ0) is 20.7. The molecule has 0 aliphatic heterocycles. The Morgan fingerprint density at radius 3 is 2.46 bits per heavy atom. The number of nitrogens with zero attached hydrogens (tertiary/aromatic N) is 1. The maximum atomic E-state index is 12.9. The van der Waals surface area contributed by atoms with Crippen LogP contribution in [0.25, 0.3) is 0 Å². The van der Waals surface area contributed by atoms with Gasteiger partial charge in [0, 0.05) is 33.9 Å². The molecule has 1 atom stereocenters. The third-order valence-corrected chi connectivity index (χ3v) is 6.26. The predicted octanol–water partition coefficient (Wildman–Crippen LogP) is 5.15. The van der Waals surface area contributed by atoms with Crippen LogP contribution < -0.4 is 5.32 Å². The zero-order valence-electron chi connectivity index (χ0n) is 15.5. The van der Waals surface area contributed by atoms with Crippen LogP contribution in [0.15, 0.2) is 46.9 Å². The Balaban J connectivity index is 2.05. The number of likely N-dealkylation sites (N-methyl/N-ethyl adjacent to an activating group) is 1. The SMILES string of the molecule is CNC(=O)C(C)N(Cc1ccc(Br)cc1)C(=O)CSCc1ccc(Cl)cc1Cl. The second kappa shape index (κ2) is 11.1. The van der Waals surface area contributed by atoms with Gasteiger partial charge in [0.2, 0.25) is 11.8 Å². The van der Waals surface area contributed by atoms with Crippen LogP contribution in [0, 0.1) is 0 Å². The first-order valence-electron chi connectivity index (χ1n) is 8.59. The van der Waals surface area contributed by atoms with Gasteiger partial charge in [-0.3, -0.25) is 9.59 Å². The fourth-order valence-electron chi connectivity index (χ4n) is 2.55. The average molecular weight is 504 g/mol. The molecule has 0 aliphatic carbocycles. The van der Waals surface area contributed by atoms with Gasteiger partial charge in [0.05, 0.1) is 5.75 Å². The summed E-state index contributed by atoms with van der Waals surface area (Å²) in [5.41, 5.74) is 1.88. The van der Waals surface area contributed by atoms with Crippen LogP contribution in [-0.4, -0.2) is 35.6 Å². The number of hydrogen-bond acceptors (Lipinski definition) is 3. The van der Waals surface area contributed by atoms with E-state index in [1.807, 2.05) is 30.3 Å². The molecule has 4 nitrogen and oxygen atoms in total. The molecule has 0 saturated heterocycles. The van der Waals surface area contributed by atoms with E-state index in [2.05, 4.69) is 21.2 Å². The molecular formula is C20H21BrCl2N2O2S. The lowest BCUT2D eigenvalue weighted by Gasteiger charge is -2.28. The average Bonchev–Trinajstić information content (AvgIpc) is 2.67. The highest BCUT2D eigenvalue weighted by atomic mass is 79.9. The van der Waals surface area contributed by atoms with Crippen molar-refractivity contribution < 1.29 is 9.59 Å². The van der Waals surface area contributed by atoms with E-state index in [9.17, 15) is 9.59 Å². The highest BCUT2D eigenvalue weighted by Crippen LogP contribution is 2.25. The molecule has 1 unspecified atom stereocenters. The summed E-state index contributed by atoms with van der Waals surface area (Å²) < 4.78 is 0.962. The van der Waals surface area contributed by atoms with Crippen molar-refractivity contribution in [2.24, 2.45) is 0 Å². The Labute approximate surface area is 188 Å². The van der Waals surface area contributed by atoms with Crippen molar-refractivity contribution in [2.75, 3.05) is 12.8 Å². The van der Waals surface area contributed by atoms with Crippen LogP contribution in [0.1, 0.15) is 18.1 Å². The number of thioether (sulfide) groups is 1. The van der Waals surface area contributed by atoms with E-state index in [1.165, 1.54) is 11.8 Å². The fourth-order valence-corrected chi connectivity index (χ4v) is 4.28. The molecule has 0 radical (unpaired) electrons. The lowest BCUT2D eigenvalue weighted by Crippen LogP contribution is -2.47. The second-order valence-electron chi connectivity index (χ2n) is 6.17. The van der Waals surface area contributed by atoms with Gasteiger partial charge in [-0.25, -0.2) is 0 Å². The maximum absolute atomic E-state index is 12.9. The quantitative estimate of drug-likeness (QED) is 0.541. The molecule has 0 aliphatic rings. The topological polar surface area (TPSA) is 49.4 Å². The first-order chi connectivity index (χ1) is 13.3. The number of carbonyl (C=O) groups excluding carboxylic acids is 2. The maximum Gasteiger partial charge on any atom is 0.242 e. The highest BCUT2D eigenvalue weighted by molar-refractivity contribution is 9.10. The summed E-state index contributed by atoms with van der Waals surface area (Å²) in [4.78, 5) is 26.6. The van der Waals surface area contributed by atoms with Crippen molar-refractivity contribution in [3.8, 4) is 0 Å². The van der Waals surface area contributed by atoms with E-state index in [4.69, 9.17) is 23.2 Å². The molecule has 2 amide bonds. The molecule has 2 aromatic carbocycles. The standard InChI is InChI=1S/C20H21BrCl2N2O2S/c1-13(20(27)24-2)25(10-14-3-6-16(21)7-4-14)19(26)12-28-11-15-5-8-17(22)9-18(15)23/h3-9,13H,10-12H2,1-2H3,(H,24,27). The minimum absolute atomic E-state index is 0.103. The molecule has 8 heteroatoms. The first kappa shape index (κ1) is 23.1. The highest BCUT2D eigenvalue weighted by Gasteiger charge is 2.25. The number of amides is 2. The summed E-state index contributed by atoms with van der Waals surface area (Å²) in [6.45, 7) is 2.10. The van der Waals surface area contributed by atoms with Crippen molar-refractivity contribution >= 4 is 62.7 Å². The van der Waals surface area contributed by atoms with E-state index < -0.39 is 6.04 Å². The molecule has 1 N–H and O–H groups in total. The number of halogens is 3. The normalized spacial score (nSPS) is 11.8. The summed E-state index contributed by atoms with van der Waals surface area (Å²) in [6, 6.07) is 12.4. The van der Waals surface area contributed by atoms with Crippen LogP contribution in [0.3, 0.4) is 0 Å². The number of carbonyl (C=O) groups is 2. The third-order valence-electron chi connectivity index (χ3n) is 4.18. The Bertz CT molecular complexity index is 833. The molecule has 0 spiro atoms. The van der Waals surface area contributed by atoms with Crippen LogP contribution in [0.2, 0.25) is 10.0 Å². The number of hydrogen-bond donors (Lipinski definition) is 1. The summed E-state index contributed by atoms with van der Waals surface area (Å²) in [6.07, 6.45) is 0. The zero-order valence-corrected chi connectivity index (χ0v) is 19.5. The summed E-state index contributed by atoms with van der Waals surface area (Å²) >= 11 is 17.0. The van der Waals surface area contributed by atoms with Crippen molar-refractivity contribution in [2.45, 2.75) is 25.3 Å². The summed E-state index contributed by atoms with van der Waals surface area (Å²) in [5.74, 6) is 0.532. The largest absolute Gasteiger partial charge is 0.357 e. The minimum Gasteiger partial charge on any atom is -0.357 e. The molecule has 0 heterocycles. The molecule has 2 rings (SSSR count). The molecule has 0 bridgehead atoms. The van der Waals surface area contributed by atoms with Gasteiger partial charge >= 0.3 is 0 Å². The van der Waals surface area contributed by atoms with Crippen molar-refractivity contribution in [3.63, 3.8) is 0 Å². The van der Waals surface area contributed by atoms with Crippen LogP contribution >= 0.6 is 50.9 Å². The molecule has 0 saturated carbocycles. The molecule has 0 aromatic heterocycles. The number of nitrogens with one attached hydrogen (secondary N) is 1. The Morgan fingerprint density at radius 2 is 1.86 bits per heavy atom. The summed E-state index contributed by atoms with van der Waals surface area (Å²) in [5, 5.41) is 3.77. The fraction of sp³-hybridized carbons (Fsp3) is 0.300. The lowest BCUT2D eigenvalue weighted by molar-refractivity contribution is -0.138. The minimum atomic E-state index is -0.569. The smallest absolute Gasteiger partial charge is 0.242 e. The lowest BCUT2D eigenvalue weighted by atomic mass is 10.1. The van der Waals surface area contributed by atoms with Crippen LogP contribution in [0.4, 0.5) is 0 Å². The van der Waals surface area contributed by atoms with E-state index in [0.29, 0.717) is 22.3 Å². The van der Waals surface area contributed by atoms with Crippen LogP contribution in [0.5, 0.6) is 0 Å². The predicted molar refractivity (Wildman–Crippen MR) is 121 cm³/mol. The van der Waals surface area contributed by atoms with Gasteiger partial charge in [0.1, 0.15) is 6.04 Å². The second-order valence-corrected chi connectivity index (χ2v) is 8.91. The Hall–Kier alpha value is -1.21. The monoisotopic (exact) mass is 502 g/mol. The molecule has 28 heavy (non-hydrogen) atoms. The first-order valence-corrected chi connectivity index (χ1v) is 11.3. The van der Waals surface area contributed by atoms with Gasteiger partial charge in [0.15, 0.2) is 0 Å². The Kier molecular flexibility index (Phi) is 9.15. The van der Waals surface area contributed by atoms with Crippen LogP contribution in [-0.2, 0) is 21.9 Å². The molecule has 150 valence electrons. The van der Waals surface area contributed by atoms with Gasteiger partial charge in [0.25, 0.3) is 0 Å². The van der Waals surface area contributed by atoms with Gasteiger partial charge < -0.3 is 10.2 Å². The van der Waals surface area contributed by atoms with Gasteiger partial charge in [-0.1, -0.05) is 57.3 Å². The Morgan fingerprint density at radius 1 is 1.18 bits per heavy atom. The van der Waals surface area contributed by atoms with Gasteiger partial charge in [-0.05, 0) is 42.3 Å². The summed E-state index contributed by atoms with van der Waals surface area (Å²) in [7, 11) is 1.57. The van der Waals surface area contributed by atoms with Gasteiger partial charge in [-0.15, -0.1) is 11.8 Å². The molecule has 0 fully saturated rings. The van der Waals surface area contributed by atoms with E-state index in [-0.39, 0.29) is 17.6 Å². The van der Waals surface area contributed by atoms with Gasteiger partial charge in [-0.2, -0.15) is 0 Å².